The van der Waals surface area contributed by atoms with Gasteiger partial charge < -0.3 is 19.5 Å². The van der Waals surface area contributed by atoms with Crippen LogP contribution < -0.4 is 9.47 Å². The third kappa shape index (κ3) is 5.43. The number of likely N-dealkylation sites (tertiary alicyclic amines) is 1. The molecule has 0 saturated carbocycles. The van der Waals surface area contributed by atoms with Gasteiger partial charge in [-0.25, -0.2) is 9.20 Å². The summed E-state index contributed by atoms with van der Waals surface area (Å²) in [6.07, 6.45) is -3.15. The van der Waals surface area contributed by atoms with Crippen LogP contribution in [-0.2, 0) is 15.9 Å². The van der Waals surface area contributed by atoms with E-state index >= 15 is 0 Å². The molecule has 1 fully saturated rings. The first kappa shape index (κ1) is 27.3. The first-order valence-electron chi connectivity index (χ1n) is 12.5. The molecule has 0 spiro atoms. The van der Waals surface area contributed by atoms with Gasteiger partial charge in [0.05, 0.1) is 40.4 Å². The lowest BCUT2D eigenvalue weighted by molar-refractivity contribution is -0.139. The summed E-state index contributed by atoms with van der Waals surface area (Å²) in [6.45, 7) is 7.09. The maximum atomic E-state index is 14.7. The molecule has 2 heterocycles. The van der Waals surface area contributed by atoms with Gasteiger partial charge in [-0.15, -0.1) is 0 Å². The van der Waals surface area contributed by atoms with Gasteiger partial charge in [0.2, 0.25) is 5.96 Å². The minimum absolute atomic E-state index is 0.0520. The van der Waals surface area contributed by atoms with E-state index in [2.05, 4.69) is 9.36 Å². The van der Waals surface area contributed by atoms with E-state index < -0.39 is 32.5 Å². The number of fused-ring (bicyclic) bond motifs is 1. The lowest BCUT2D eigenvalue weighted by Crippen LogP contribution is -2.41. The van der Waals surface area contributed by atoms with E-state index in [-0.39, 0.29) is 34.8 Å². The Hall–Kier alpha value is -2.79. The van der Waals surface area contributed by atoms with Crippen molar-refractivity contribution in [2.45, 2.75) is 62.1 Å². The molecule has 2 aromatic carbocycles. The van der Waals surface area contributed by atoms with Crippen molar-refractivity contribution in [1.82, 2.24) is 4.90 Å². The lowest BCUT2D eigenvalue weighted by Gasteiger charge is -2.35. The minimum Gasteiger partial charge on any atom is -0.490 e. The molecule has 2 atom stereocenters. The molecule has 202 valence electrons. The smallest absolute Gasteiger partial charge is 0.417 e. The van der Waals surface area contributed by atoms with Crippen molar-refractivity contribution in [2.75, 3.05) is 26.3 Å². The van der Waals surface area contributed by atoms with Crippen molar-refractivity contribution in [3.63, 3.8) is 0 Å². The van der Waals surface area contributed by atoms with Crippen LogP contribution in [0.15, 0.2) is 55.5 Å². The zero-order valence-electron chi connectivity index (χ0n) is 21.1. The predicted octanol–water partition coefficient (Wildman–Crippen LogP) is 5.87. The number of nitrogens with zero attached hydrogens (tertiary/aromatic N) is 3. The Kier molecular flexibility index (Phi) is 8.03. The number of ether oxygens (including phenoxy) is 2. The molecule has 1 N–H and O–H groups in total. The zero-order valence-corrected chi connectivity index (χ0v) is 21.9. The summed E-state index contributed by atoms with van der Waals surface area (Å²) in [7, 11) is -3.80. The number of aliphatic hydroxyl groups excluding tert-OH is 1. The number of aliphatic hydroxyl groups is 1. The quantitative estimate of drug-likeness (QED) is 0.476. The van der Waals surface area contributed by atoms with Crippen LogP contribution in [0.3, 0.4) is 0 Å². The second-order valence-corrected chi connectivity index (χ2v) is 11.1. The molecule has 7 nitrogen and oxygen atoms in total. The summed E-state index contributed by atoms with van der Waals surface area (Å²) in [5.41, 5.74) is -0.776. The Morgan fingerprint density at radius 3 is 2.27 bits per heavy atom. The predicted molar refractivity (Wildman–Crippen MR) is 135 cm³/mol. The fraction of sp³-hybridized carbons (Fsp3) is 0.500. The first-order valence-corrected chi connectivity index (χ1v) is 14.0. The summed E-state index contributed by atoms with van der Waals surface area (Å²) < 4.78 is 72.6. The standard InChI is InChI=1S/C26H32F3N3O4S/c1-4-20(33)17-11-13-32(14-12-17)25-30-19-15-21(35-5-2)22(36-6-3)16-24(19)37(34,31-25)23-10-8-7-9-18(23)26(27,28)29/h7-10,15-17,20,33H,4-6,11-14H2,1-3H3. The molecule has 0 amide bonds. The number of hydrogen-bond acceptors (Lipinski definition) is 7. The van der Waals surface area contributed by atoms with Gasteiger partial charge in [-0.2, -0.15) is 17.5 Å². The highest BCUT2D eigenvalue weighted by molar-refractivity contribution is 7.94. The molecule has 2 aliphatic rings. The molecular weight excluding hydrogens is 507 g/mol. The number of aliphatic imine (C=N–C) groups is 1. The van der Waals surface area contributed by atoms with Crippen LogP contribution in [0.25, 0.3) is 0 Å². The highest BCUT2D eigenvalue weighted by atomic mass is 32.2. The average Bonchev–Trinajstić information content (AvgIpc) is 2.88. The normalized spacial score (nSPS) is 21.1. The second-order valence-electron chi connectivity index (χ2n) is 8.96. The fourth-order valence-electron chi connectivity index (χ4n) is 4.72. The van der Waals surface area contributed by atoms with Gasteiger partial charge in [0.1, 0.15) is 9.73 Å². The van der Waals surface area contributed by atoms with Gasteiger partial charge in [-0.1, -0.05) is 19.1 Å². The maximum Gasteiger partial charge on any atom is 0.417 e. The van der Waals surface area contributed by atoms with Gasteiger partial charge in [0.15, 0.2) is 11.5 Å². The summed E-state index contributed by atoms with van der Waals surface area (Å²) in [4.78, 5) is 6.10. The van der Waals surface area contributed by atoms with Crippen molar-refractivity contribution < 1.29 is 32.0 Å². The van der Waals surface area contributed by atoms with Gasteiger partial charge in [0, 0.05) is 25.2 Å². The molecule has 1 saturated heterocycles. The van der Waals surface area contributed by atoms with E-state index in [1.54, 1.807) is 19.9 Å². The van der Waals surface area contributed by atoms with Crippen LogP contribution in [0.2, 0.25) is 0 Å². The molecule has 4 rings (SSSR count). The van der Waals surface area contributed by atoms with Gasteiger partial charge in [-0.05, 0) is 51.2 Å². The molecule has 37 heavy (non-hydrogen) atoms. The topological polar surface area (TPSA) is 83.7 Å². The molecular formula is C26H32F3N3O4S. The first-order chi connectivity index (χ1) is 17.6. The third-order valence-electron chi connectivity index (χ3n) is 6.63. The van der Waals surface area contributed by atoms with Crippen LogP contribution in [0.4, 0.5) is 18.9 Å². The van der Waals surface area contributed by atoms with E-state index in [0.29, 0.717) is 44.7 Å². The highest BCUT2D eigenvalue weighted by Crippen LogP contribution is 2.45. The van der Waals surface area contributed by atoms with Gasteiger partial charge in [0.25, 0.3) is 0 Å². The number of piperidine rings is 1. The monoisotopic (exact) mass is 539 g/mol. The number of hydrogen-bond donors (Lipinski definition) is 1. The molecule has 0 aliphatic carbocycles. The van der Waals surface area contributed by atoms with Gasteiger partial charge >= 0.3 is 6.18 Å². The zero-order chi connectivity index (χ0) is 26.8. The fourth-order valence-corrected chi connectivity index (χ4v) is 6.94. The van der Waals surface area contributed by atoms with Crippen LogP contribution in [0.5, 0.6) is 11.5 Å². The van der Waals surface area contributed by atoms with Crippen molar-refractivity contribution in [3.8, 4) is 11.5 Å². The van der Waals surface area contributed by atoms with E-state index in [9.17, 15) is 22.5 Å². The van der Waals surface area contributed by atoms with Crippen LogP contribution in [0.1, 0.15) is 45.6 Å². The molecule has 0 aromatic heterocycles. The summed E-state index contributed by atoms with van der Waals surface area (Å²) in [5, 5.41) is 10.2. The number of guanidine groups is 1. The average molecular weight is 540 g/mol. The molecule has 2 aliphatic heterocycles. The number of rotatable bonds is 7. The van der Waals surface area contributed by atoms with E-state index in [1.807, 2.05) is 11.8 Å². The number of halogens is 3. The molecule has 0 radical (unpaired) electrons. The maximum absolute atomic E-state index is 14.7. The Bertz CT molecular complexity index is 1280. The molecule has 2 aromatic rings. The number of alkyl halides is 3. The van der Waals surface area contributed by atoms with Crippen molar-refractivity contribution in [1.29, 1.82) is 0 Å². The highest BCUT2D eigenvalue weighted by Gasteiger charge is 2.39. The molecule has 2 unspecified atom stereocenters. The third-order valence-corrected chi connectivity index (χ3v) is 8.92. The summed E-state index contributed by atoms with van der Waals surface area (Å²) in [5.74, 6) is 0.865. The largest absolute Gasteiger partial charge is 0.490 e. The van der Waals surface area contributed by atoms with Crippen molar-refractivity contribution in [2.24, 2.45) is 15.3 Å². The summed E-state index contributed by atoms with van der Waals surface area (Å²) in [6, 6.07) is 7.81. The Balaban J connectivity index is 1.90. The number of benzene rings is 2. The second kappa shape index (κ2) is 10.9. The van der Waals surface area contributed by atoms with E-state index in [4.69, 9.17) is 9.47 Å². The van der Waals surface area contributed by atoms with Crippen molar-refractivity contribution in [3.05, 3.63) is 42.0 Å². The minimum atomic E-state index is -4.73. The molecule has 11 heteroatoms. The Labute approximate surface area is 215 Å². The van der Waals surface area contributed by atoms with Gasteiger partial charge in [-0.3, -0.25) is 0 Å². The lowest BCUT2D eigenvalue weighted by atomic mass is 9.90. The van der Waals surface area contributed by atoms with E-state index in [1.165, 1.54) is 24.3 Å². The van der Waals surface area contributed by atoms with E-state index in [0.717, 1.165) is 6.07 Å². The Morgan fingerprint density at radius 2 is 1.68 bits per heavy atom. The summed E-state index contributed by atoms with van der Waals surface area (Å²) >= 11 is 0. The van der Waals surface area contributed by atoms with Crippen LogP contribution >= 0.6 is 0 Å². The van der Waals surface area contributed by atoms with Crippen LogP contribution in [-0.4, -0.2) is 52.6 Å². The van der Waals surface area contributed by atoms with Crippen LogP contribution in [0, 0.1) is 5.92 Å². The molecule has 0 bridgehead atoms. The Morgan fingerprint density at radius 1 is 1.05 bits per heavy atom. The van der Waals surface area contributed by atoms with Crippen molar-refractivity contribution >= 4 is 21.4 Å². The SMILES string of the molecule is CCOc1cc2c(cc1OCC)S(=O)(c1ccccc1C(F)(F)F)=NC(N1CCC(C(O)CC)CC1)=N2.